The first kappa shape index (κ1) is 13.6. The smallest absolute Gasteiger partial charge is 0.211 e. The van der Waals surface area contributed by atoms with E-state index in [1.807, 2.05) is 12.3 Å². The van der Waals surface area contributed by atoms with Crippen molar-refractivity contribution in [3.63, 3.8) is 0 Å². The molecule has 0 aromatic carbocycles. The fourth-order valence-electron chi connectivity index (χ4n) is 1.08. The van der Waals surface area contributed by atoms with Crippen molar-refractivity contribution in [3.05, 3.63) is 16.1 Å². The summed E-state index contributed by atoms with van der Waals surface area (Å²) >= 11 is 1.61. The molecule has 0 spiro atoms. The lowest BCUT2D eigenvalue weighted by atomic mass is 10.5. The predicted octanol–water partition coefficient (Wildman–Crippen LogP) is 0.480. The summed E-state index contributed by atoms with van der Waals surface area (Å²) in [7, 11) is -3.06. The molecule has 0 aliphatic heterocycles. The third kappa shape index (κ3) is 5.02. The average Bonchev–Trinajstić information content (AvgIpc) is 2.64. The number of hydrogen-bond acceptors (Lipinski definition) is 5. The van der Waals surface area contributed by atoms with E-state index in [0.717, 1.165) is 10.7 Å². The Hall–Kier alpha value is -0.500. The molecule has 1 aromatic heterocycles. The van der Waals surface area contributed by atoms with Gasteiger partial charge in [0.1, 0.15) is 5.01 Å². The maximum atomic E-state index is 11.1. The molecule has 1 heterocycles. The fourth-order valence-corrected chi connectivity index (χ4v) is 2.43. The van der Waals surface area contributed by atoms with Gasteiger partial charge in [-0.1, -0.05) is 0 Å². The molecule has 0 fully saturated rings. The van der Waals surface area contributed by atoms with Crippen LogP contribution in [-0.2, 0) is 16.6 Å². The Bertz CT molecular complexity index is 414. The van der Waals surface area contributed by atoms with Crippen LogP contribution in [0, 0.1) is 6.92 Å². The molecule has 0 unspecified atom stereocenters. The minimum Gasteiger partial charge on any atom is -0.309 e. The number of thiazole rings is 1. The number of nitrogens with zero attached hydrogens (tertiary/aromatic N) is 1. The van der Waals surface area contributed by atoms with Gasteiger partial charge in [0.2, 0.25) is 10.0 Å². The molecular formula is C9H17N3O2S2. The summed E-state index contributed by atoms with van der Waals surface area (Å²) in [4.78, 5) is 4.29. The van der Waals surface area contributed by atoms with Crippen LogP contribution >= 0.6 is 11.3 Å². The first-order valence-electron chi connectivity index (χ1n) is 5.12. The minimum absolute atomic E-state index is 0.124. The quantitative estimate of drug-likeness (QED) is 0.702. The second-order valence-electron chi connectivity index (χ2n) is 3.36. The molecular weight excluding hydrogens is 246 g/mol. The number of nitrogens with one attached hydrogen (secondary N) is 2. The number of hydrogen-bond donors (Lipinski definition) is 2. The van der Waals surface area contributed by atoms with E-state index in [2.05, 4.69) is 15.0 Å². The van der Waals surface area contributed by atoms with E-state index >= 15 is 0 Å². The molecule has 0 saturated heterocycles. The lowest BCUT2D eigenvalue weighted by molar-refractivity contribution is 0.577. The largest absolute Gasteiger partial charge is 0.309 e. The van der Waals surface area contributed by atoms with E-state index in [9.17, 15) is 8.42 Å². The van der Waals surface area contributed by atoms with Gasteiger partial charge < -0.3 is 5.32 Å². The lowest BCUT2D eigenvalue weighted by Gasteiger charge is -2.04. The Morgan fingerprint density at radius 1 is 1.44 bits per heavy atom. The van der Waals surface area contributed by atoms with Crippen molar-refractivity contribution in [2.75, 3.05) is 18.8 Å². The van der Waals surface area contributed by atoms with Crippen LogP contribution in [0.5, 0.6) is 0 Å². The molecule has 0 saturated carbocycles. The van der Waals surface area contributed by atoms with E-state index in [0.29, 0.717) is 19.6 Å². The van der Waals surface area contributed by atoms with E-state index in [1.54, 1.807) is 18.3 Å². The monoisotopic (exact) mass is 263 g/mol. The molecule has 0 amide bonds. The van der Waals surface area contributed by atoms with Crippen molar-refractivity contribution in [1.29, 1.82) is 0 Å². The van der Waals surface area contributed by atoms with Crippen LogP contribution in [0.4, 0.5) is 0 Å². The highest BCUT2D eigenvalue weighted by atomic mass is 32.2. The molecule has 92 valence electrons. The second-order valence-corrected chi connectivity index (χ2v) is 6.40. The first-order valence-corrected chi connectivity index (χ1v) is 7.66. The van der Waals surface area contributed by atoms with E-state index < -0.39 is 10.0 Å². The van der Waals surface area contributed by atoms with Crippen LogP contribution in [0.2, 0.25) is 0 Å². The summed E-state index contributed by atoms with van der Waals surface area (Å²) in [5, 5.41) is 6.15. The fraction of sp³-hybridized carbons (Fsp3) is 0.667. The molecule has 0 bridgehead atoms. The molecule has 1 rings (SSSR count). The SMILES string of the molecule is CCS(=O)(=O)NCCNCc1nc(C)cs1. The van der Waals surface area contributed by atoms with Gasteiger partial charge in [0, 0.05) is 30.7 Å². The highest BCUT2D eigenvalue weighted by Gasteiger charge is 2.04. The Labute approximate surface area is 100 Å². The van der Waals surface area contributed by atoms with Crippen molar-refractivity contribution in [2.24, 2.45) is 0 Å². The second kappa shape index (κ2) is 6.29. The van der Waals surface area contributed by atoms with Crippen LogP contribution in [0.3, 0.4) is 0 Å². The van der Waals surface area contributed by atoms with Gasteiger partial charge >= 0.3 is 0 Å². The number of rotatable bonds is 7. The molecule has 7 heteroatoms. The Balaban J connectivity index is 2.13. The molecule has 0 radical (unpaired) electrons. The van der Waals surface area contributed by atoms with Gasteiger partial charge in [0.25, 0.3) is 0 Å². The van der Waals surface area contributed by atoms with E-state index in [4.69, 9.17) is 0 Å². The van der Waals surface area contributed by atoms with E-state index in [1.165, 1.54) is 0 Å². The maximum absolute atomic E-state index is 11.1. The van der Waals surface area contributed by atoms with Crippen molar-refractivity contribution < 1.29 is 8.42 Å². The van der Waals surface area contributed by atoms with Crippen molar-refractivity contribution >= 4 is 21.4 Å². The molecule has 0 aliphatic rings. The third-order valence-corrected chi connectivity index (χ3v) is 4.32. The number of aromatic nitrogens is 1. The minimum atomic E-state index is -3.06. The van der Waals surface area contributed by atoms with Crippen LogP contribution in [0.1, 0.15) is 17.6 Å². The highest BCUT2D eigenvalue weighted by Crippen LogP contribution is 2.07. The predicted molar refractivity (Wildman–Crippen MR) is 66.0 cm³/mol. The highest BCUT2D eigenvalue weighted by molar-refractivity contribution is 7.89. The Kier molecular flexibility index (Phi) is 5.33. The van der Waals surface area contributed by atoms with Gasteiger partial charge in [-0.3, -0.25) is 0 Å². The van der Waals surface area contributed by atoms with Gasteiger partial charge in [-0.25, -0.2) is 18.1 Å². The summed E-state index contributed by atoms with van der Waals surface area (Å²) in [6, 6.07) is 0. The summed E-state index contributed by atoms with van der Waals surface area (Å²) in [5.74, 6) is 0.124. The summed E-state index contributed by atoms with van der Waals surface area (Å²) in [6.45, 7) is 5.29. The van der Waals surface area contributed by atoms with Crippen LogP contribution < -0.4 is 10.0 Å². The van der Waals surface area contributed by atoms with Gasteiger partial charge in [0.05, 0.1) is 5.75 Å². The molecule has 2 N–H and O–H groups in total. The summed E-state index contributed by atoms with van der Waals surface area (Å²) < 4.78 is 24.7. The number of sulfonamides is 1. The number of aryl methyl sites for hydroxylation is 1. The maximum Gasteiger partial charge on any atom is 0.211 e. The topological polar surface area (TPSA) is 71.1 Å². The zero-order valence-corrected chi connectivity index (χ0v) is 11.1. The van der Waals surface area contributed by atoms with E-state index in [-0.39, 0.29) is 5.75 Å². The first-order chi connectivity index (χ1) is 7.53. The van der Waals surface area contributed by atoms with Crippen LogP contribution in [-0.4, -0.2) is 32.2 Å². The molecule has 0 atom stereocenters. The molecule has 5 nitrogen and oxygen atoms in total. The van der Waals surface area contributed by atoms with Crippen LogP contribution in [0.25, 0.3) is 0 Å². The standard InChI is InChI=1S/C9H17N3O2S2/c1-3-16(13,14)11-5-4-10-6-9-12-8(2)7-15-9/h7,10-11H,3-6H2,1-2H3. The zero-order chi connectivity index (χ0) is 12.0. The van der Waals surface area contributed by atoms with Gasteiger partial charge in [-0.2, -0.15) is 0 Å². The summed E-state index contributed by atoms with van der Waals surface area (Å²) in [5.41, 5.74) is 1.02. The molecule has 16 heavy (non-hydrogen) atoms. The van der Waals surface area contributed by atoms with Gasteiger partial charge in [0.15, 0.2) is 0 Å². The lowest BCUT2D eigenvalue weighted by Crippen LogP contribution is -2.32. The average molecular weight is 263 g/mol. The normalized spacial score (nSPS) is 11.9. The summed E-state index contributed by atoms with van der Waals surface area (Å²) in [6.07, 6.45) is 0. The molecule has 1 aromatic rings. The van der Waals surface area contributed by atoms with Crippen LogP contribution in [0.15, 0.2) is 5.38 Å². The molecule has 0 aliphatic carbocycles. The van der Waals surface area contributed by atoms with Crippen molar-refractivity contribution in [1.82, 2.24) is 15.0 Å². The van der Waals surface area contributed by atoms with Gasteiger partial charge in [-0.15, -0.1) is 11.3 Å². The zero-order valence-electron chi connectivity index (χ0n) is 9.49. The Morgan fingerprint density at radius 2 is 2.19 bits per heavy atom. The van der Waals surface area contributed by atoms with Crippen molar-refractivity contribution in [3.8, 4) is 0 Å². The third-order valence-electron chi connectivity index (χ3n) is 1.95. The van der Waals surface area contributed by atoms with Crippen molar-refractivity contribution in [2.45, 2.75) is 20.4 Å². The van der Waals surface area contributed by atoms with Gasteiger partial charge in [-0.05, 0) is 13.8 Å². The Morgan fingerprint density at radius 3 is 2.75 bits per heavy atom.